The number of rotatable bonds is 2. The topological polar surface area (TPSA) is 56.1 Å². The highest BCUT2D eigenvalue weighted by Crippen LogP contribution is 2.22. The molecule has 18 heavy (non-hydrogen) atoms. The molecule has 0 aliphatic carbocycles. The monoisotopic (exact) mass is 243 g/mol. The zero-order valence-corrected chi connectivity index (χ0v) is 10.7. The summed E-state index contributed by atoms with van der Waals surface area (Å²) >= 11 is 0. The number of nitrogens with one attached hydrogen (secondary N) is 1. The molecule has 0 radical (unpaired) electrons. The van der Waals surface area contributed by atoms with E-state index in [1.54, 1.807) is 24.1 Å². The van der Waals surface area contributed by atoms with Crippen molar-refractivity contribution in [3.8, 4) is 6.07 Å². The lowest BCUT2D eigenvalue weighted by molar-refractivity contribution is -0.122. The summed E-state index contributed by atoms with van der Waals surface area (Å²) in [5, 5.41) is 12.0. The molecule has 1 amide bonds. The van der Waals surface area contributed by atoms with E-state index in [2.05, 4.69) is 18.3 Å². The fraction of sp³-hybridized carbons (Fsp3) is 0.429. The Hall–Kier alpha value is -1.86. The van der Waals surface area contributed by atoms with E-state index in [4.69, 9.17) is 5.26 Å². The van der Waals surface area contributed by atoms with Gasteiger partial charge in [0.15, 0.2) is 0 Å². The minimum atomic E-state index is 0.0469. The van der Waals surface area contributed by atoms with Crippen LogP contribution in [0.1, 0.15) is 12.5 Å². The van der Waals surface area contributed by atoms with Crippen molar-refractivity contribution >= 4 is 11.6 Å². The average molecular weight is 243 g/mol. The number of amides is 1. The fourth-order valence-corrected chi connectivity index (χ4v) is 2.28. The van der Waals surface area contributed by atoms with Crippen LogP contribution in [0.3, 0.4) is 0 Å². The molecule has 0 saturated carbocycles. The van der Waals surface area contributed by atoms with Crippen molar-refractivity contribution in [2.24, 2.45) is 11.8 Å². The highest BCUT2D eigenvalue weighted by Gasteiger charge is 2.31. The third-order valence-electron chi connectivity index (χ3n) is 3.55. The molecule has 1 saturated heterocycles. The summed E-state index contributed by atoms with van der Waals surface area (Å²) in [7, 11) is 1.79. The first kappa shape index (κ1) is 12.6. The second kappa shape index (κ2) is 5.19. The minimum absolute atomic E-state index is 0.0469. The standard InChI is InChI=1S/C14H17N3O/c1-10-8-16-9-13(10)14(18)17(2)12-5-3-11(7-15)4-6-12/h3-6,10,13,16H,8-9H2,1-2H3/t10-,13-/m1/s1. The molecule has 0 aromatic heterocycles. The number of carbonyl (C=O) groups excluding carboxylic acids is 1. The van der Waals surface area contributed by atoms with Gasteiger partial charge in [0, 0.05) is 19.3 Å². The molecule has 4 nitrogen and oxygen atoms in total. The van der Waals surface area contributed by atoms with Gasteiger partial charge in [0.05, 0.1) is 17.6 Å². The number of hydrogen-bond donors (Lipinski definition) is 1. The fourth-order valence-electron chi connectivity index (χ4n) is 2.28. The molecule has 2 atom stereocenters. The molecule has 94 valence electrons. The molecular weight excluding hydrogens is 226 g/mol. The summed E-state index contributed by atoms with van der Waals surface area (Å²) in [4.78, 5) is 14.0. The Balaban J connectivity index is 2.12. The summed E-state index contributed by atoms with van der Waals surface area (Å²) < 4.78 is 0. The van der Waals surface area contributed by atoms with Crippen LogP contribution in [0.4, 0.5) is 5.69 Å². The van der Waals surface area contributed by atoms with Crippen LogP contribution in [0.2, 0.25) is 0 Å². The smallest absolute Gasteiger partial charge is 0.231 e. The lowest BCUT2D eigenvalue weighted by atomic mass is 9.96. The quantitative estimate of drug-likeness (QED) is 0.853. The van der Waals surface area contributed by atoms with Gasteiger partial charge in [-0.1, -0.05) is 6.92 Å². The maximum Gasteiger partial charge on any atom is 0.231 e. The maximum atomic E-state index is 12.3. The van der Waals surface area contributed by atoms with E-state index in [-0.39, 0.29) is 11.8 Å². The molecule has 1 heterocycles. The normalized spacial score (nSPS) is 22.5. The number of nitriles is 1. The number of benzene rings is 1. The van der Waals surface area contributed by atoms with Gasteiger partial charge in [0.25, 0.3) is 0 Å². The van der Waals surface area contributed by atoms with Gasteiger partial charge in [-0.2, -0.15) is 5.26 Å². The van der Waals surface area contributed by atoms with Gasteiger partial charge in [-0.3, -0.25) is 4.79 Å². The molecule has 0 unspecified atom stereocenters. The van der Waals surface area contributed by atoms with E-state index < -0.39 is 0 Å². The Bertz CT molecular complexity index is 475. The van der Waals surface area contributed by atoms with Crippen molar-refractivity contribution in [3.63, 3.8) is 0 Å². The summed E-state index contributed by atoms with van der Waals surface area (Å²) in [6, 6.07) is 9.15. The maximum absolute atomic E-state index is 12.3. The number of carbonyl (C=O) groups is 1. The second-order valence-corrected chi connectivity index (χ2v) is 4.80. The first-order valence-corrected chi connectivity index (χ1v) is 6.12. The van der Waals surface area contributed by atoms with Crippen molar-refractivity contribution in [3.05, 3.63) is 29.8 Å². The van der Waals surface area contributed by atoms with Crippen LogP contribution in [0.25, 0.3) is 0 Å². The van der Waals surface area contributed by atoms with Crippen LogP contribution in [0.15, 0.2) is 24.3 Å². The largest absolute Gasteiger partial charge is 0.316 e. The third kappa shape index (κ3) is 2.36. The summed E-state index contributed by atoms with van der Waals surface area (Å²) in [5.41, 5.74) is 1.44. The Morgan fingerprint density at radius 3 is 2.56 bits per heavy atom. The van der Waals surface area contributed by atoms with E-state index in [9.17, 15) is 4.79 Å². The minimum Gasteiger partial charge on any atom is -0.316 e. The van der Waals surface area contributed by atoms with E-state index in [1.807, 2.05) is 12.1 Å². The SMILES string of the molecule is C[C@@H]1CNC[C@H]1C(=O)N(C)c1ccc(C#N)cc1. The zero-order chi connectivity index (χ0) is 13.1. The van der Waals surface area contributed by atoms with Gasteiger partial charge >= 0.3 is 0 Å². The van der Waals surface area contributed by atoms with Crippen molar-refractivity contribution in [1.29, 1.82) is 5.26 Å². The van der Waals surface area contributed by atoms with Crippen LogP contribution in [-0.2, 0) is 4.79 Å². The van der Waals surface area contributed by atoms with E-state index in [0.29, 0.717) is 11.5 Å². The van der Waals surface area contributed by atoms with Crippen molar-refractivity contribution < 1.29 is 4.79 Å². The van der Waals surface area contributed by atoms with Crippen LogP contribution in [0, 0.1) is 23.2 Å². The van der Waals surface area contributed by atoms with E-state index in [1.165, 1.54) is 0 Å². The molecule has 0 bridgehead atoms. The summed E-state index contributed by atoms with van der Waals surface area (Å²) in [6.07, 6.45) is 0. The van der Waals surface area contributed by atoms with Crippen LogP contribution < -0.4 is 10.2 Å². The van der Waals surface area contributed by atoms with Crippen molar-refractivity contribution in [1.82, 2.24) is 5.32 Å². The molecule has 0 spiro atoms. The first-order chi connectivity index (χ1) is 8.63. The molecule has 1 N–H and O–H groups in total. The van der Waals surface area contributed by atoms with Gasteiger partial charge < -0.3 is 10.2 Å². The highest BCUT2D eigenvalue weighted by molar-refractivity contribution is 5.95. The predicted octanol–water partition coefficient (Wildman–Crippen LogP) is 1.38. The van der Waals surface area contributed by atoms with Gasteiger partial charge in [0.1, 0.15) is 0 Å². The van der Waals surface area contributed by atoms with Crippen LogP contribution in [-0.4, -0.2) is 26.0 Å². The predicted molar refractivity (Wildman–Crippen MR) is 70.1 cm³/mol. The molecule has 1 fully saturated rings. The Kier molecular flexibility index (Phi) is 3.63. The highest BCUT2D eigenvalue weighted by atomic mass is 16.2. The average Bonchev–Trinajstić information content (AvgIpc) is 2.83. The Morgan fingerprint density at radius 2 is 2.06 bits per heavy atom. The van der Waals surface area contributed by atoms with Gasteiger partial charge in [-0.05, 0) is 36.7 Å². The lowest BCUT2D eigenvalue weighted by Crippen LogP contribution is -2.36. The van der Waals surface area contributed by atoms with Crippen molar-refractivity contribution in [2.75, 3.05) is 25.0 Å². The molecule has 4 heteroatoms. The molecular formula is C14H17N3O. The number of hydrogen-bond acceptors (Lipinski definition) is 3. The van der Waals surface area contributed by atoms with E-state index >= 15 is 0 Å². The molecule has 1 aromatic carbocycles. The lowest BCUT2D eigenvalue weighted by Gasteiger charge is -2.23. The third-order valence-corrected chi connectivity index (χ3v) is 3.55. The zero-order valence-electron chi connectivity index (χ0n) is 10.7. The Morgan fingerprint density at radius 1 is 1.39 bits per heavy atom. The first-order valence-electron chi connectivity index (χ1n) is 6.12. The molecule has 2 rings (SSSR count). The molecule has 1 aliphatic rings. The van der Waals surface area contributed by atoms with Gasteiger partial charge in [-0.25, -0.2) is 0 Å². The molecule has 1 aromatic rings. The van der Waals surface area contributed by atoms with Crippen molar-refractivity contribution in [2.45, 2.75) is 6.92 Å². The van der Waals surface area contributed by atoms with Gasteiger partial charge in [0.2, 0.25) is 5.91 Å². The number of anilines is 1. The summed E-state index contributed by atoms with van der Waals surface area (Å²) in [5.74, 6) is 0.557. The van der Waals surface area contributed by atoms with Gasteiger partial charge in [-0.15, -0.1) is 0 Å². The van der Waals surface area contributed by atoms with Crippen LogP contribution >= 0.6 is 0 Å². The Labute approximate surface area is 107 Å². The van der Waals surface area contributed by atoms with E-state index in [0.717, 1.165) is 18.8 Å². The molecule has 1 aliphatic heterocycles. The summed E-state index contributed by atoms with van der Waals surface area (Å²) in [6.45, 7) is 3.74. The second-order valence-electron chi connectivity index (χ2n) is 4.80. The number of nitrogens with zero attached hydrogens (tertiary/aromatic N) is 2. The van der Waals surface area contributed by atoms with Crippen LogP contribution in [0.5, 0.6) is 0 Å².